The van der Waals surface area contributed by atoms with Crippen molar-refractivity contribution in [1.82, 2.24) is 15.2 Å². The van der Waals surface area contributed by atoms with Crippen LogP contribution in [0.25, 0.3) is 11.3 Å². The second-order valence-corrected chi connectivity index (χ2v) is 13.9. The zero-order valence-electron chi connectivity index (χ0n) is 22.8. The van der Waals surface area contributed by atoms with Gasteiger partial charge in [0.2, 0.25) is 31.9 Å². The SMILES string of the molecule is CC[C@@H](C)C(=O)N[C@H](C(=O)N1CCC[C@H]1C(=O)Nc1sc(S(C)(=O)=O)nc1-c1ccccc1)C1CCCCC1. The van der Waals surface area contributed by atoms with E-state index < -0.39 is 21.9 Å². The van der Waals surface area contributed by atoms with Crippen LogP contribution in [-0.2, 0) is 24.2 Å². The van der Waals surface area contributed by atoms with Gasteiger partial charge < -0.3 is 15.5 Å². The Labute approximate surface area is 234 Å². The number of rotatable bonds is 9. The van der Waals surface area contributed by atoms with Gasteiger partial charge in [-0.25, -0.2) is 13.4 Å². The van der Waals surface area contributed by atoms with Gasteiger partial charge in [-0.3, -0.25) is 14.4 Å². The van der Waals surface area contributed by atoms with Gasteiger partial charge in [-0.05, 0) is 38.0 Å². The predicted octanol–water partition coefficient (Wildman–Crippen LogP) is 4.25. The fourth-order valence-corrected chi connectivity index (χ4v) is 7.18. The topological polar surface area (TPSA) is 126 Å². The third-order valence-electron chi connectivity index (χ3n) is 7.79. The largest absolute Gasteiger partial charge is 0.344 e. The molecule has 11 heteroatoms. The van der Waals surface area contributed by atoms with E-state index >= 15 is 0 Å². The number of nitrogens with zero attached hydrogens (tertiary/aromatic N) is 2. The molecule has 3 amide bonds. The number of carbonyl (C=O) groups is 3. The van der Waals surface area contributed by atoms with Crippen molar-refractivity contribution >= 4 is 43.9 Å². The van der Waals surface area contributed by atoms with Crippen molar-refractivity contribution in [1.29, 1.82) is 0 Å². The molecular formula is C28H38N4O5S2. The van der Waals surface area contributed by atoms with E-state index in [0.717, 1.165) is 49.7 Å². The van der Waals surface area contributed by atoms with Crippen LogP contribution in [-0.4, -0.2) is 60.9 Å². The number of nitrogens with one attached hydrogen (secondary N) is 2. The molecule has 0 radical (unpaired) electrons. The molecule has 0 bridgehead atoms. The number of anilines is 1. The molecule has 212 valence electrons. The minimum atomic E-state index is -3.58. The van der Waals surface area contributed by atoms with Gasteiger partial charge in [0, 0.05) is 24.3 Å². The maximum Gasteiger partial charge on any atom is 0.247 e. The van der Waals surface area contributed by atoms with E-state index in [1.807, 2.05) is 32.0 Å². The summed E-state index contributed by atoms with van der Waals surface area (Å²) in [5.74, 6) is -0.870. The van der Waals surface area contributed by atoms with Crippen molar-refractivity contribution < 1.29 is 22.8 Å². The fraction of sp³-hybridized carbons (Fsp3) is 0.571. The van der Waals surface area contributed by atoms with E-state index in [1.165, 1.54) is 0 Å². The number of thiazole rings is 1. The number of hydrogen-bond acceptors (Lipinski definition) is 7. The highest BCUT2D eigenvalue weighted by Crippen LogP contribution is 2.36. The predicted molar refractivity (Wildman–Crippen MR) is 152 cm³/mol. The van der Waals surface area contributed by atoms with Gasteiger partial charge in [0.15, 0.2) is 0 Å². The molecule has 1 aromatic heterocycles. The molecule has 1 saturated heterocycles. The summed E-state index contributed by atoms with van der Waals surface area (Å²) >= 11 is 0.910. The lowest BCUT2D eigenvalue weighted by Crippen LogP contribution is -2.56. The van der Waals surface area contributed by atoms with Crippen LogP contribution in [0.15, 0.2) is 34.7 Å². The van der Waals surface area contributed by atoms with E-state index in [0.29, 0.717) is 42.1 Å². The van der Waals surface area contributed by atoms with Gasteiger partial charge in [-0.2, -0.15) is 0 Å². The Morgan fingerprint density at radius 2 is 1.77 bits per heavy atom. The summed E-state index contributed by atoms with van der Waals surface area (Å²) in [4.78, 5) is 46.3. The highest BCUT2D eigenvalue weighted by Gasteiger charge is 2.41. The molecule has 2 N–H and O–H groups in total. The Morgan fingerprint density at radius 1 is 1.08 bits per heavy atom. The molecule has 39 heavy (non-hydrogen) atoms. The van der Waals surface area contributed by atoms with E-state index in [1.54, 1.807) is 17.0 Å². The van der Waals surface area contributed by atoms with Crippen LogP contribution in [0.3, 0.4) is 0 Å². The maximum absolute atomic E-state index is 13.9. The number of amides is 3. The number of sulfone groups is 1. The molecule has 1 aromatic carbocycles. The normalized spacial score (nSPS) is 19.9. The van der Waals surface area contributed by atoms with Crippen LogP contribution < -0.4 is 10.6 Å². The molecule has 1 saturated carbocycles. The quantitative estimate of drug-likeness (QED) is 0.461. The minimum absolute atomic E-state index is 0.0482. The standard InChI is InChI=1S/C28H38N4O5S2/c1-4-18(2)24(33)29-23(20-14-9-6-10-15-20)27(35)32-17-11-16-21(32)25(34)31-26-22(19-12-7-5-8-13-19)30-28(38-26)39(3,36)37/h5,7-8,12-13,18,20-21,23H,4,6,9-11,14-17H2,1-3H3,(H,29,33)(H,31,34)/t18-,21+,23+/m1/s1. The van der Waals surface area contributed by atoms with Gasteiger partial charge in [-0.1, -0.05) is 74.8 Å². The minimum Gasteiger partial charge on any atom is -0.344 e. The molecule has 2 fully saturated rings. The summed E-state index contributed by atoms with van der Waals surface area (Å²) in [5.41, 5.74) is 1.06. The Kier molecular flexibility index (Phi) is 9.43. The monoisotopic (exact) mass is 574 g/mol. The van der Waals surface area contributed by atoms with Crippen LogP contribution in [0, 0.1) is 11.8 Å². The lowest BCUT2D eigenvalue weighted by Gasteiger charge is -2.35. The molecule has 1 aliphatic heterocycles. The highest BCUT2D eigenvalue weighted by molar-refractivity contribution is 7.92. The summed E-state index contributed by atoms with van der Waals surface area (Å²) in [6.45, 7) is 4.23. The van der Waals surface area contributed by atoms with E-state index in [9.17, 15) is 22.8 Å². The highest BCUT2D eigenvalue weighted by atomic mass is 32.2. The summed E-state index contributed by atoms with van der Waals surface area (Å²) in [7, 11) is -3.58. The summed E-state index contributed by atoms with van der Waals surface area (Å²) in [6, 6.07) is 7.72. The van der Waals surface area contributed by atoms with Crippen molar-refractivity contribution in [3.63, 3.8) is 0 Å². The van der Waals surface area contributed by atoms with Gasteiger partial charge in [0.05, 0.1) is 0 Å². The van der Waals surface area contributed by atoms with E-state index in [2.05, 4.69) is 15.6 Å². The van der Waals surface area contributed by atoms with Crippen molar-refractivity contribution in [2.24, 2.45) is 11.8 Å². The molecule has 0 unspecified atom stereocenters. The number of benzene rings is 1. The zero-order chi connectivity index (χ0) is 28.2. The fourth-order valence-electron chi connectivity index (χ4n) is 5.34. The first-order valence-electron chi connectivity index (χ1n) is 13.8. The summed E-state index contributed by atoms with van der Waals surface area (Å²) in [6.07, 6.45) is 7.84. The van der Waals surface area contributed by atoms with Crippen LogP contribution in [0.2, 0.25) is 0 Å². The van der Waals surface area contributed by atoms with Gasteiger partial charge >= 0.3 is 0 Å². The van der Waals surface area contributed by atoms with E-state index in [4.69, 9.17) is 0 Å². The smallest absolute Gasteiger partial charge is 0.247 e. The average Bonchev–Trinajstić information content (AvgIpc) is 3.59. The third kappa shape index (κ3) is 6.87. The second kappa shape index (κ2) is 12.6. The Hall–Kier alpha value is -2.79. The first-order chi connectivity index (χ1) is 18.6. The van der Waals surface area contributed by atoms with E-state index in [-0.39, 0.29) is 33.9 Å². The lowest BCUT2D eigenvalue weighted by molar-refractivity contribution is -0.142. The first-order valence-corrected chi connectivity index (χ1v) is 16.5. The lowest BCUT2D eigenvalue weighted by atomic mass is 9.83. The van der Waals surface area contributed by atoms with Crippen LogP contribution in [0.1, 0.15) is 65.2 Å². The Bertz CT molecular complexity index is 1290. The molecule has 0 spiro atoms. The van der Waals surface area contributed by atoms with Gasteiger partial charge in [0.1, 0.15) is 22.8 Å². The van der Waals surface area contributed by atoms with Crippen molar-refractivity contribution in [2.75, 3.05) is 18.1 Å². The van der Waals surface area contributed by atoms with Gasteiger partial charge in [-0.15, -0.1) is 0 Å². The van der Waals surface area contributed by atoms with Crippen molar-refractivity contribution in [3.8, 4) is 11.3 Å². The van der Waals surface area contributed by atoms with Crippen LogP contribution in [0.5, 0.6) is 0 Å². The molecule has 9 nitrogen and oxygen atoms in total. The Morgan fingerprint density at radius 3 is 2.41 bits per heavy atom. The molecule has 2 aliphatic rings. The number of aromatic nitrogens is 1. The molecule has 4 rings (SSSR count). The van der Waals surface area contributed by atoms with Gasteiger partial charge in [0.25, 0.3) is 0 Å². The molecule has 2 aromatic rings. The number of likely N-dealkylation sites (tertiary alicyclic amines) is 1. The Balaban J connectivity index is 1.57. The second-order valence-electron chi connectivity index (χ2n) is 10.7. The first kappa shape index (κ1) is 29.2. The summed E-state index contributed by atoms with van der Waals surface area (Å²) in [5, 5.41) is 6.26. The molecule has 2 heterocycles. The third-order valence-corrected chi connectivity index (χ3v) is 10.4. The zero-order valence-corrected chi connectivity index (χ0v) is 24.4. The maximum atomic E-state index is 13.9. The molecule has 1 aliphatic carbocycles. The van der Waals surface area contributed by atoms with Crippen LogP contribution >= 0.6 is 11.3 Å². The number of hydrogen-bond donors (Lipinski definition) is 2. The molecular weight excluding hydrogens is 536 g/mol. The van der Waals surface area contributed by atoms with Crippen molar-refractivity contribution in [2.45, 2.75) is 81.6 Å². The molecule has 3 atom stereocenters. The van der Waals surface area contributed by atoms with Crippen LogP contribution in [0.4, 0.5) is 5.00 Å². The summed E-state index contributed by atoms with van der Waals surface area (Å²) < 4.78 is 24.4. The van der Waals surface area contributed by atoms with Crippen molar-refractivity contribution in [3.05, 3.63) is 30.3 Å². The number of carbonyl (C=O) groups excluding carboxylic acids is 3. The average molecular weight is 575 g/mol.